The van der Waals surface area contributed by atoms with E-state index >= 15 is 0 Å². The summed E-state index contributed by atoms with van der Waals surface area (Å²) in [6.07, 6.45) is 3.84. The highest BCUT2D eigenvalue weighted by Crippen LogP contribution is 2.31. The number of hydrogen-bond acceptors (Lipinski definition) is 2. The molecule has 3 rings (SSSR count). The van der Waals surface area contributed by atoms with Crippen molar-refractivity contribution in [3.63, 3.8) is 0 Å². The van der Waals surface area contributed by atoms with Gasteiger partial charge in [0.15, 0.2) is 0 Å². The van der Waals surface area contributed by atoms with Crippen molar-refractivity contribution < 1.29 is 4.79 Å². The van der Waals surface area contributed by atoms with Crippen LogP contribution in [0.4, 0.5) is 0 Å². The molecule has 1 aliphatic rings. The van der Waals surface area contributed by atoms with E-state index in [0.717, 1.165) is 16.8 Å². The Morgan fingerprint density at radius 1 is 1.08 bits per heavy atom. The minimum Gasteiger partial charge on any atom is -0.307 e. The quantitative estimate of drug-likeness (QED) is 0.777. The fraction of sp³-hybridized carbons (Fsp3) is 0.182. The average molecular weight is 328 g/mol. The van der Waals surface area contributed by atoms with E-state index in [1.807, 2.05) is 59.5 Å². The number of amides is 1. The van der Waals surface area contributed by atoms with Gasteiger partial charge in [-0.05, 0) is 41.3 Å². The molecule has 25 heavy (non-hydrogen) atoms. The predicted molar refractivity (Wildman–Crippen MR) is 100 cm³/mol. The zero-order chi connectivity index (χ0) is 17.8. The number of rotatable bonds is 4. The maximum Gasteiger partial charge on any atom is 0.258 e. The Morgan fingerprint density at radius 3 is 2.36 bits per heavy atom. The molecule has 0 aromatic heterocycles. The summed E-state index contributed by atoms with van der Waals surface area (Å²) in [5.41, 5.74) is 4.18. The third-order valence-corrected chi connectivity index (χ3v) is 4.05. The van der Waals surface area contributed by atoms with Crippen molar-refractivity contribution in [2.75, 3.05) is 6.54 Å². The molecule has 0 radical (unpaired) electrons. The van der Waals surface area contributed by atoms with E-state index in [9.17, 15) is 4.79 Å². The number of carbonyl (C=O) groups excluding carboxylic acids is 1. The maximum absolute atomic E-state index is 12.9. The summed E-state index contributed by atoms with van der Waals surface area (Å²) in [5, 5.41) is 8.90. The van der Waals surface area contributed by atoms with Gasteiger partial charge in [0.05, 0.1) is 17.3 Å². The Kier molecular flexibility index (Phi) is 4.81. The molecule has 0 unspecified atom stereocenters. The van der Waals surface area contributed by atoms with Crippen molar-refractivity contribution in [1.82, 2.24) is 4.90 Å². The molecular formula is C22H20N2O. The summed E-state index contributed by atoms with van der Waals surface area (Å²) < 4.78 is 0. The molecule has 0 fully saturated rings. The molecule has 124 valence electrons. The zero-order valence-corrected chi connectivity index (χ0v) is 14.4. The van der Waals surface area contributed by atoms with Crippen molar-refractivity contribution in [3.05, 3.63) is 82.9 Å². The SMILES string of the molecule is CC(C)CN1C(=O)/C(=C/c2ccc(C#N)cc2)C=C1c1ccccc1. The third-order valence-electron chi connectivity index (χ3n) is 4.05. The minimum atomic E-state index is 0.0249. The predicted octanol–water partition coefficient (Wildman–Crippen LogP) is 4.48. The van der Waals surface area contributed by atoms with Gasteiger partial charge in [-0.2, -0.15) is 5.26 Å². The van der Waals surface area contributed by atoms with Gasteiger partial charge in [0.1, 0.15) is 0 Å². The third kappa shape index (κ3) is 3.70. The molecule has 0 bridgehead atoms. The van der Waals surface area contributed by atoms with Gasteiger partial charge in [0, 0.05) is 12.1 Å². The lowest BCUT2D eigenvalue weighted by molar-refractivity contribution is -0.123. The highest BCUT2D eigenvalue weighted by atomic mass is 16.2. The van der Waals surface area contributed by atoms with Crippen LogP contribution in [-0.2, 0) is 4.79 Å². The summed E-state index contributed by atoms with van der Waals surface area (Å²) in [4.78, 5) is 14.8. The molecule has 0 spiro atoms. The van der Waals surface area contributed by atoms with E-state index in [1.54, 1.807) is 12.1 Å². The standard InChI is InChI=1S/C22H20N2O/c1-16(2)15-24-21(19-6-4-3-5-7-19)13-20(22(24)25)12-17-8-10-18(14-23)11-9-17/h3-13,16H,15H2,1-2H3/b20-12+. The second-order valence-electron chi connectivity index (χ2n) is 6.54. The fourth-order valence-electron chi connectivity index (χ4n) is 2.88. The number of carbonyl (C=O) groups is 1. The van der Waals surface area contributed by atoms with Crippen LogP contribution in [0.5, 0.6) is 0 Å². The van der Waals surface area contributed by atoms with Crippen LogP contribution in [0.15, 0.2) is 66.2 Å². The van der Waals surface area contributed by atoms with Gasteiger partial charge in [-0.1, -0.05) is 56.3 Å². The van der Waals surface area contributed by atoms with Crippen LogP contribution >= 0.6 is 0 Å². The van der Waals surface area contributed by atoms with Crippen molar-refractivity contribution in [2.45, 2.75) is 13.8 Å². The van der Waals surface area contributed by atoms with Crippen LogP contribution in [0.25, 0.3) is 11.8 Å². The van der Waals surface area contributed by atoms with E-state index in [0.29, 0.717) is 23.6 Å². The average Bonchev–Trinajstić information content (AvgIpc) is 2.92. The minimum absolute atomic E-state index is 0.0249. The first-order valence-electron chi connectivity index (χ1n) is 8.39. The Bertz CT molecular complexity index is 868. The molecule has 0 saturated carbocycles. The van der Waals surface area contributed by atoms with Crippen LogP contribution in [-0.4, -0.2) is 17.4 Å². The van der Waals surface area contributed by atoms with Crippen LogP contribution < -0.4 is 0 Å². The molecule has 2 aromatic rings. The first-order chi connectivity index (χ1) is 12.1. The summed E-state index contributed by atoms with van der Waals surface area (Å²) in [6.45, 7) is 4.90. The lowest BCUT2D eigenvalue weighted by Crippen LogP contribution is -2.29. The van der Waals surface area contributed by atoms with Crippen LogP contribution in [0.2, 0.25) is 0 Å². The number of nitriles is 1. The molecule has 1 amide bonds. The van der Waals surface area contributed by atoms with Crippen LogP contribution in [0.1, 0.15) is 30.5 Å². The van der Waals surface area contributed by atoms with E-state index < -0.39 is 0 Å². The fourth-order valence-corrected chi connectivity index (χ4v) is 2.88. The Balaban J connectivity index is 1.99. The van der Waals surface area contributed by atoms with Gasteiger partial charge in [-0.3, -0.25) is 4.79 Å². The highest BCUT2D eigenvalue weighted by molar-refractivity contribution is 6.10. The first-order valence-corrected chi connectivity index (χ1v) is 8.39. The Hall–Kier alpha value is -3.12. The van der Waals surface area contributed by atoms with E-state index in [4.69, 9.17) is 5.26 Å². The molecule has 2 aromatic carbocycles. The summed E-state index contributed by atoms with van der Waals surface area (Å²) >= 11 is 0. The monoisotopic (exact) mass is 328 g/mol. The normalized spacial score (nSPS) is 15.6. The number of hydrogen-bond donors (Lipinski definition) is 0. The molecule has 3 heteroatoms. The topological polar surface area (TPSA) is 44.1 Å². The van der Waals surface area contributed by atoms with E-state index in [2.05, 4.69) is 19.9 Å². The largest absolute Gasteiger partial charge is 0.307 e. The highest BCUT2D eigenvalue weighted by Gasteiger charge is 2.29. The van der Waals surface area contributed by atoms with Gasteiger partial charge in [-0.25, -0.2) is 0 Å². The summed E-state index contributed by atoms with van der Waals surface area (Å²) in [5.74, 6) is 0.405. The Labute approximate surface area is 148 Å². The zero-order valence-electron chi connectivity index (χ0n) is 14.4. The van der Waals surface area contributed by atoms with Gasteiger partial charge in [0.25, 0.3) is 5.91 Å². The van der Waals surface area contributed by atoms with E-state index in [-0.39, 0.29) is 5.91 Å². The van der Waals surface area contributed by atoms with Gasteiger partial charge >= 0.3 is 0 Å². The molecule has 0 N–H and O–H groups in total. The van der Waals surface area contributed by atoms with Crippen molar-refractivity contribution in [1.29, 1.82) is 5.26 Å². The number of benzene rings is 2. The summed E-state index contributed by atoms with van der Waals surface area (Å²) in [6, 6.07) is 19.3. The van der Waals surface area contributed by atoms with Gasteiger partial charge in [0.2, 0.25) is 0 Å². The summed E-state index contributed by atoms with van der Waals surface area (Å²) in [7, 11) is 0. The molecule has 0 atom stereocenters. The maximum atomic E-state index is 12.9. The molecule has 1 heterocycles. The van der Waals surface area contributed by atoms with Crippen molar-refractivity contribution in [3.8, 4) is 6.07 Å². The first kappa shape index (κ1) is 16.7. The molecule has 0 saturated heterocycles. The molecular weight excluding hydrogens is 308 g/mol. The van der Waals surface area contributed by atoms with E-state index in [1.165, 1.54) is 0 Å². The molecule has 3 nitrogen and oxygen atoms in total. The second-order valence-corrected chi connectivity index (χ2v) is 6.54. The van der Waals surface area contributed by atoms with Crippen molar-refractivity contribution in [2.24, 2.45) is 5.92 Å². The Morgan fingerprint density at radius 2 is 1.76 bits per heavy atom. The van der Waals surface area contributed by atoms with Gasteiger partial charge < -0.3 is 4.90 Å². The molecule has 1 aliphatic heterocycles. The van der Waals surface area contributed by atoms with Gasteiger partial charge in [-0.15, -0.1) is 0 Å². The van der Waals surface area contributed by atoms with Crippen LogP contribution in [0.3, 0.4) is 0 Å². The number of nitrogens with zero attached hydrogens (tertiary/aromatic N) is 2. The lowest BCUT2D eigenvalue weighted by Gasteiger charge is -2.22. The van der Waals surface area contributed by atoms with Crippen molar-refractivity contribution >= 4 is 17.7 Å². The van der Waals surface area contributed by atoms with Crippen LogP contribution in [0, 0.1) is 17.2 Å². The lowest BCUT2D eigenvalue weighted by atomic mass is 10.1. The smallest absolute Gasteiger partial charge is 0.258 e. The second kappa shape index (κ2) is 7.19. The molecule has 0 aliphatic carbocycles.